The van der Waals surface area contributed by atoms with Gasteiger partial charge >= 0.3 is 0 Å². The summed E-state index contributed by atoms with van der Waals surface area (Å²) >= 11 is 6.34. The highest BCUT2D eigenvalue weighted by Gasteiger charge is 2.31. The molecule has 1 atom stereocenters. The highest BCUT2D eigenvalue weighted by Crippen LogP contribution is 2.22. The molecule has 1 saturated carbocycles. The molecule has 0 saturated heterocycles. The van der Waals surface area contributed by atoms with Gasteiger partial charge in [-0.05, 0) is 54.2 Å². The van der Waals surface area contributed by atoms with Crippen molar-refractivity contribution >= 4 is 23.4 Å². The molecule has 1 fully saturated rings. The highest BCUT2D eigenvalue weighted by molar-refractivity contribution is 6.31. The lowest BCUT2D eigenvalue weighted by atomic mass is 9.94. The van der Waals surface area contributed by atoms with Gasteiger partial charge in [0.15, 0.2) is 0 Å². The molecule has 1 unspecified atom stereocenters. The van der Waals surface area contributed by atoms with Gasteiger partial charge in [0.1, 0.15) is 11.9 Å². The lowest BCUT2D eigenvalue weighted by Gasteiger charge is -2.33. The van der Waals surface area contributed by atoms with Crippen LogP contribution in [0.3, 0.4) is 0 Å². The second kappa shape index (κ2) is 13.4. The fourth-order valence-corrected chi connectivity index (χ4v) is 5.20. The Morgan fingerprint density at radius 3 is 2.27 bits per heavy atom. The number of hydrogen-bond acceptors (Lipinski definition) is 2. The van der Waals surface area contributed by atoms with Gasteiger partial charge in [0.05, 0.1) is 0 Å². The van der Waals surface area contributed by atoms with E-state index in [1.165, 1.54) is 18.6 Å². The molecule has 0 spiro atoms. The van der Waals surface area contributed by atoms with Crippen LogP contribution in [0, 0.1) is 5.82 Å². The fourth-order valence-electron chi connectivity index (χ4n) is 4.97. The third-order valence-electron chi connectivity index (χ3n) is 7.05. The van der Waals surface area contributed by atoms with Gasteiger partial charge in [-0.1, -0.05) is 91.5 Å². The average Bonchev–Trinajstić information content (AvgIpc) is 2.92. The number of halogens is 2. The molecule has 194 valence electrons. The minimum atomic E-state index is -0.687. The molecule has 3 aromatic carbocycles. The van der Waals surface area contributed by atoms with Gasteiger partial charge in [0, 0.05) is 30.5 Å². The Bertz CT molecular complexity index is 1160. The number of nitrogens with zero attached hydrogens (tertiary/aromatic N) is 1. The zero-order chi connectivity index (χ0) is 26.0. The molecule has 37 heavy (non-hydrogen) atoms. The van der Waals surface area contributed by atoms with Crippen LogP contribution in [-0.2, 0) is 29.0 Å². The largest absolute Gasteiger partial charge is 0.352 e. The lowest BCUT2D eigenvalue weighted by Crippen LogP contribution is -2.52. The molecular formula is C31H34ClFN2O2. The smallest absolute Gasteiger partial charge is 0.243 e. The number of amides is 2. The zero-order valence-corrected chi connectivity index (χ0v) is 21.8. The average molecular weight is 521 g/mol. The standard InChI is InChI=1S/C31H34ClFN2O2/c32-28-14-8-7-11-25(28)17-20-30(36)35(22-24-15-18-26(33)19-16-24)29(21-23-9-3-1-4-10-23)31(37)34-27-12-5-2-6-13-27/h1,3-4,7-11,14-16,18-19,27,29H,2,5-6,12-13,17,20-22H2,(H,34,37). The van der Waals surface area contributed by atoms with Crippen LogP contribution < -0.4 is 5.32 Å². The summed E-state index contributed by atoms with van der Waals surface area (Å²) in [5, 5.41) is 3.86. The van der Waals surface area contributed by atoms with Crippen molar-refractivity contribution in [1.29, 1.82) is 0 Å². The molecule has 0 radical (unpaired) electrons. The van der Waals surface area contributed by atoms with Crippen molar-refractivity contribution in [3.05, 3.63) is 106 Å². The van der Waals surface area contributed by atoms with Crippen LogP contribution in [0.1, 0.15) is 55.2 Å². The Balaban J connectivity index is 1.61. The lowest BCUT2D eigenvalue weighted by molar-refractivity contribution is -0.141. The summed E-state index contributed by atoms with van der Waals surface area (Å²) in [5.74, 6) is -0.607. The third-order valence-corrected chi connectivity index (χ3v) is 7.42. The van der Waals surface area contributed by atoms with Crippen molar-refractivity contribution in [3.63, 3.8) is 0 Å². The summed E-state index contributed by atoms with van der Waals surface area (Å²) in [7, 11) is 0. The maximum atomic E-state index is 13.8. The van der Waals surface area contributed by atoms with Crippen LogP contribution in [-0.4, -0.2) is 28.8 Å². The van der Waals surface area contributed by atoms with Crippen molar-refractivity contribution in [2.75, 3.05) is 0 Å². The first-order valence-corrected chi connectivity index (χ1v) is 13.5. The van der Waals surface area contributed by atoms with E-state index in [0.29, 0.717) is 17.9 Å². The Morgan fingerprint density at radius 1 is 0.892 bits per heavy atom. The second-order valence-corrected chi connectivity index (χ2v) is 10.2. The molecular weight excluding hydrogens is 487 g/mol. The zero-order valence-electron chi connectivity index (χ0n) is 21.0. The van der Waals surface area contributed by atoms with E-state index in [4.69, 9.17) is 11.6 Å². The summed E-state index contributed by atoms with van der Waals surface area (Å²) in [5.41, 5.74) is 2.65. The molecule has 2 amide bonds. The topological polar surface area (TPSA) is 49.4 Å². The molecule has 1 aliphatic carbocycles. The van der Waals surface area contributed by atoms with Gasteiger partial charge in [-0.25, -0.2) is 4.39 Å². The number of carbonyl (C=O) groups excluding carboxylic acids is 2. The van der Waals surface area contributed by atoms with Crippen LogP contribution in [0.25, 0.3) is 0 Å². The summed E-state index contributed by atoms with van der Waals surface area (Å²) in [4.78, 5) is 29.2. The summed E-state index contributed by atoms with van der Waals surface area (Å²) in [6.07, 6.45) is 6.41. The third kappa shape index (κ3) is 7.90. The molecule has 0 aromatic heterocycles. The molecule has 1 aliphatic rings. The van der Waals surface area contributed by atoms with Crippen molar-refractivity contribution in [3.8, 4) is 0 Å². The molecule has 0 aliphatic heterocycles. The highest BCUT2D eigenvalue weighted by atomic mass is 35.5. The monoisotopic (exact) mass is 520 g/mol. The summed E-state index contributed by atoms with van der Waals surface area (Å²) in [6, 6.07) is 22.8. The first kappa shape index (κ1) is 26.9. The van der Waals surface area contributed by atoms with E-state index < -0.39 is 6.04 Å². The SMILES string of the molecule is O=C(NC1CCCCC1)C(Cc1ccccc1)N(Cc1ccc(F)cc1)C(=O)CCc1ccccc1Cl. The molecule has 1 N–H and O–H groups in total. The van der Waals surface area contributed by atoms with Gasteiger partial charge in [-0.15, -0.1) is 0 Å². The van der Waals surface area contributed by atoms with Crippen LogP contribution in [0.2, 0.25) is 5.02 Å². The molecule has 6 heteroatoms. The first-order chi connectivity index (χ1) is 18.0. The van der Waals surface area contributed by atoms with E-state index in [2.05, 4.69) is 5.32 Å². The van der Waals surface area contributed by atoms with Gasteiger partial charge in [-0.2, -0.15) is 0 Å². The van der Waals surface area contributed by atoms with E-state index in [1.807, 2.05) is 54.6 Å². The molecule has 4 rings (SSSR count). The maximum absolute atomic E-state index is 13.8. The number of aryl methyl sites for hydroxylation is 1. The quantitative estimate of drug-likeness (QED) is 0.331. The number of benzene rings is 3. The molecule has 4 nitrogen and oxygen atoms in total. The van der Waals surface area contributed by atoms with Gasteiger partial charge in [0.2, 0.25) is 11.8 Å². The fraction of sp³-hybridized carbons (Fsp3) is 0.355. The van der Waals surface area contributed by atoms with Gasteiger partial charge in [-0.3, -0.25) is 9.59 Å². The Kier molecular flexibility index (Phi) is 9.72. The number of nitrogens with one attached hydrogen (secondary N) is 1. The van der Waals surface area contributed by atoms with E-state index >= 15 is 0 Å². The van der Waals surface area contributed by atoms with Crippen LogP contribution in [0.5, 0.6) is 0 Å². The number of rotatable bonds is 10. The van der Waals surface area contributed by atoms with Crippen LogP contribution in [0.15, 0.2) is 78.9 Å². The first-order valence-electron chi connectivity index (χ1n) is 13.1. The molecule has 0 heterocycles. The van der Waals surface area contributed by atoms with Crippen LogP contribution in [0.4, 0.5) is 4.39 Å². The number of carbonyl (C=O) groups is 2. The van der Waals surface area contributed by atoms with Crippen LogP contribution >= 0.6 is 11.6 Å². The molecule has 0 bridgehead atoms. The van der Waals surface area contributed by atoms with Crippen molar-refractivity contribution in [2.45, 2.75) is 70.0 Å². The Morgan fingerprint density at radius 2 is 1.57 bits per heavy atom. The van der Waals surface area contributed by atoms with E-state index in [-0.39, 0.29) is 36.6 Å². The predicted octanol–water partition coefficient (Wildman–Crippen LogP) is 6.50. The van der Waals surface area contributed by atoms with Crippen molar-refractivity contribution in [2.24, 2.45) is 0 Å². The van der Waals surface area contributed by atoms with Gasteiger partial charge < -0.3 is 10.2 Å². The number of hydrogen-bond donors (Lipinski definition) is 1. The second-order valence-electron chi connectivity index (χ2n) is 9.79. The Hall–Kier alpha value is -3.18. The minimum Gasteiger partial charge on any atom is -0.352 e. The maximum Gasteiger partial charge on any atom is 0.243 e. The Labute approximate surface area is 223 Å². The van der Waals surface area contributed by atoms with Crippen molar-refractivity contribution < 1.29 is 14.0 Å². The minimum absolute atomic E-state index is 0.130. The summed E-state index contributed by atoms with van der Waals surface area (Å²) < 4.78 is 13.6. The van der Waals surface area contributed by atoms with Crippen molar-refractivity contribution in [1.82, 2.24) is 10.2 Å². The van der Waals surface area contributed by atoms with E-state index in [1.54, 1.807) is 17.0 Å². The van der Waals surface area contributed by atoms with Gasteiger partial charge in [0.25, 0.3) is 0 Å². The summed E-state index contributed by atoms with van der Waals surface area (Å²) in [6.45, 7) is 0.219. The predicted molar refractivity (Wildman–Crippen MR) is 146 cm³/mol. The normalized spacial score (nSPS) is 14.6. The molecule has 3 aromatic rings. The van der Waals surface area contributed by atoms with E-state index in [9.17, 15) is 14.0 Å². The van der Waals surface area contributed by atoms with E-state index in [0.717, 1.165) is 42.4 Å².